The molecule has 0 bridgehead atoms. The van der Waals surface area contributed by atoms with Gasteiger partial charge in [-0.1, -0.05) is 22.0 Å². The molecule has 17 heavy (non-hydrogen) atoms. The van der Waals surface area contributed by atoms with Crippen molar-refractivity contribution in [3.63, 3.8) is 0 Å². The number of hydrogen-bond donors (Lipinski definition) is 1. The monoisotopic (exact) mass is 299 g/mol. The van der Waals surface area contributed by atoms with Gasteiger partial charge in [-0.15, -0.1) is 0 Å². The van der Waals surface area contributed by atoms with Crippen LogP contribution in [0.3, 0.4) is 0 Å². The molecule has 0 atom stereocenters. The first-order valence-electron chi connectivity index (χ1n) is 6.02. The lowest BCUT2D eigenvalue weighted by molar-refractivity contribution is 0.296. The Hall–Kier alpha value is -0.540. The van der Waals surface area contributed by atoms with E-state index in [1.54, 1.807) is 0 Å². The van der Waals surface area contributed by atoms with Crippen molar-refractivity contribution in [2.24, 2.45) is 0 Å². The van der Waals surface area contributed by atoms with Crippen LogP contribution in [0.5, 0.6) is 5.75 Å². The van der Waals surface area contributed by atoms with Gasteiger partial charge in [-0.2, -0.15) is 0 Å². The molecule has 0 aromatic heterocycles. The van der Waals surface area contributed by atoms with Gasteiger partial charge >= 0.3 is 0 Å². The van der Waals surface area contributed by atoms with E-state index in [2.05, 4.69) is 55.0 Å². The third-order valence-electron chi connectivity index (χ3n) is 2.38. The van der Waals surface area contributed by atoms with Gasteiger partial charge in [-0.05, 0) is 58.4 Å². The fourth-order valence-corrected chi connectivity index (χ4v) is 1.79. The van der Waals surface area contributed by atoms with Crippen LogP contribution >= 0.6 is 15.9 Å². The summed E-state index contributed by atoms with van der Waals surface area (Å²) in [6.07, 6.45) is 1.02. The fraction of sp³-hybridized carbons (Fsp3) is 0.571. The Morgan fingerprint density at radius 2 is 2.00 bits per heavy atom. The molecule has 0 radical (unpaired) electrons. The Balaban J connectivity index is 2.29. The summed E-state index contributed by atoms with van der Waals surface area (Å²) in [5, 5.41) is 3.44. The van der Waals surface area contributed by atoms with E-state index in [0.29, 0.717) is 0 Å². The van der Waals surface area contributed by atoms with Crippen molar-refractivity contribution >= 4 is 15.9 Å². The van der Waals surface area contributed by atoms with E-state index in [0.717, 1.165) is 29.8 Å². The molecule has 0 unspecified atom stereocenters. The summed E-state index contributed by atoms with van der Waals surface area (Å²) in [6, 6.07) is 6.11. The highest BCUT2D eigenvalue weighted by molar-refractivity contribution is 9.10. The molecule has 96 valence electrons. The van der Waals surface area contributed by atoms with Crippen LogP contribution in [0.1, 0.15) is 32.8 Å². The lowest BCUT2D eigenvalue weighted by Crippen LogP contribution is -2.36. The van der Waals surface area contributed by atoms with Crippen molar-refractivity contribution in [1.82, 2.24) is 5.32 Å². The molecule has 3 heteroatoms. The third-order valence-corrected chi connectivity index (χ3v) is 2.88. The summed E-state index contributed by atoms with van der Waals surface area (Å²) >= 11 is 3.45. The minimum atomic E-state index is 0.186. The first kappa shape index (κ1) is 14.5. The van der Waals surface area contributed by atoms with Gasteiger partial charge in [0.25, 0.3) is 0 Å². The fourth-order valence-electron chi connectivity index (χ4n) is 1.45. The zero-order valence-electron chi connectivity index (χ0n) is 11.1. The van der Waals surface area contributed by atoms with E-state index in [1.165, 1.54) is 5.56 Å². The molecule has 0 amide bonds. The van der Waals surface area contributed by atoms with Crippen LogP contribution in [0, 0.1) is 6.92 Å². The van der Waals surface area contributed by atoms with Crippen LogP contribution in [0.4, 0.5) is 0 Å². The average Bonchev–Trinajstić information content (AvgIpc) is 2.21. The molecule has 2 nitrogen and oxygen atoms in total. The molecule has 0 fully saturated rings. The maximum atomic E-state index is 5.76. The summed E-state index contributed by atoms with van der Waals surface area (Å²) in [5.74, 6) is 0.968. The van der Waals surface area contributed by atoms with E-state index in [1.807, 2.05) is 12.1 Å². The van der Waals surface area contributed by atoms with Crippen LogP contribution in [-0.2, 0) is 0 Å². The van der Waals surface area contributed by atoms with Crippen molar-refractivity contribution in [3.8, 4) is 5.75 Å². The summed E-state index contributed by atoms with van der Waals surface area (Å²) in [4.78, 5) is 0. The molecule has 0 aliphatic heterocycles. The van der Waals surface area contributed by atoms with Crippen LogP contribution in [0.25, 0.3) is 0 Å². The summed E-state index contributed by atoms with van der Waals surface area (Å²) < 4.78 is 6.82. The Morgan fingerprint density at radius 3 is 2.65 bits per heavy atom. The lowest BCUT2D eigenvalue weighted by atomic mass is 10.1. The Kier molecular flexibility index (Phi) is 5.47. The quantitative estimate of drug-likeness (QED) is 0.832. The Morgan fingerprint density at radius 1 is 1.29 bits per heavy atom. The largest absolute Gasteiger partial charge is 0.493 e. The Labute approximate surface area is 113 Å². The average molecular weight is 300 g/mol. The van der Waals surface area contributed by atoms with Gasteiger partial charge in [0.15, 0.2) is 0 Å². The number of benzene rings is 1. The van der Waals surface area contributed by atoms with Crippen molar-refractivity contribution in [3.05, 3.63) is 28.2 Å². The van der Waals surface area contributed by atoms with E-state index in [4.69, 9.17) is 4.74 Å². The molecule has 1 rings (SSSR count). The maximum absolute atomic E-state index is 5.76. The standard InChI is InChI=1S/C14H22BrNO/c1-11-6-7-12(15)10-13(11)17-9-5-8-16-14(2,3)4/h6-7,10,16H,5,8-9H2,1-4H3. The first-order valence-corrected chi connectivity index (χ1v) is 6.82. The van der Waals surface area contributed by atoms with Crippen LogP contribution in [-0.4, -0.2) is 18.7 Å². The van der Waals surface area contributed by atoms with Crippen molar-refractivity contribution in [2.75, 3.05) is 13.2 Å². The predicted molar refractivity (Wildman–Crippen MR) is 76.7 cm³/mol. The van der Waals surface area contributed by atoms with Crippen molar-refractivity contribution in [2.45, 2.75) is 39.7 Å². The molecule has 0 saturated heterocycles. The molecule has 0 aliphatic rings. The highest BCUT2D eigenvalue weighted by atomic mass is 79.9. The van der Waals surface area contributed by atoms with Crippen LogP contribution < -0.4 is 10.1 Å². The lowest BCUT2D eigenvalue weighted by Gasteiger charge is -2.20. The topological polar surface area (TPSA) is 21.3 Å². The third kappa shape index (κ3) is 6.08. The Bertz CT molecular complexity index is 358. The number of halogens is 1. The predicted octanol–water partition coefficient (Wildman–Crippen LogP) is 3.91. The van der Waals surface area contributed by atoms with Gasteiger partial charge in [-0.25, -0.2) is 0 Å². The molecule has 1 aromatic carbocycles. The van der Waals surface area contributed by atoms with E-state index < -0.39 is 0 Å². The number of nitrogens with one attached hydrogen (secondary N) is 1. The first-order chi connectivity index (χ1) is 7.88. The van der Waals surface area contributed by atoms with E-state index in [-0.39, 0.29) is 5.54 Å². The summed E-state index contributed by atoms with van der Waals surface area (Å²) in [6.45, 7) is 10.3. The zero-order chi connectivity index (χ0) is 12.9. The number of rotatable bonds is 5. The second-order valence-corrected chi connectivity index (χ2v) is 6.20. The van der Waals surface area contributed by atoms with Crippen molar-refractivity contribution in [1.29, 1.82) is 0 Å². The van der Waals surface area contributed by atoms with Gasteiger partial charge in [0.05, 0.1) is 6.61 Å². The number of ether oxygens (including phenoxy) is 1. The van der Waals surface area contributed by atoms with Crippen molar-refractivity contribution < 1.29 is 4.74 Å². The van der Waals surface area contributed by atoms with E-state index >= 15 is 0 Å². The van der Waals surface area contributed by atoms with Gasteiger partial charge < -0.3 is 10.1 Å². The highest BCUT2D eigenvalue weighted by Gasteiger charge is 2.07. The van der Waals surface area contributed by atoms with Crippen LogP contribution in [0.15, 0.2) is 22.7 Å². The minimum absolute atomic E-state index is 0.186. The molecule has 1 aromatic rings. The highest BCUT2D eigenvalue weighted by Crippen LogP contribution is 2.22. The smallest absolute Gasteiger partial charge is 0.123 e. The second kappa shape index (κ2) is 6.41. The second-order valence-electron chi connectivity index (χ2n) is 5.29. The summed E-state index contributed by atoms with van der Waals surface area (Å²) in [5.41, 5.74) is 1.36. The SMILES string of the molecule is Cc1ccc(Br)cc1OCCCNC(C)(C)C. The normalized spacial score (nSPS) is 11.6. The minimum Gasteiger partial charge on any atom is -0.493 e. The van der Waals surface area contributed by atoms with Gasteiger partial charge in [0.1, 0.15) is 5.75 Å². The van der Waals surface area contributed by atoms with Gasteiger partial charge in [-0.3, -0.25) is 0 Å². The maximum Gasteiger partial charge on any atom is 0.123 e. The molecule has 0 spiro atoms. The molecule has 0 aliphatic carbocycles. The molecule has 1 N–H and O–H groups in total. The summed E-state index contributed by atoms with van der Waals surface area (Å²) in [7, 11) is 0. The molecule has 0 saturated carbocycles. The molecule has 0 heterocycles. The molecular formula is C14H22BrNO. The molecular weight excluding hydrogens is 278 g/mol. The number of aryl methyl sites for hydroxylation is 1. The van der Waals surface area contributed by atoms with Gasteiger partial charge in [0.2, 0.25) is 0 Å². The number of hydrogen-bond acceptors (Lipinski definition) is 2. The zero-order valence-corrected chi connectivity index (χ0v) is 12.7. The van der Waals surface area contributed by atoms with Crippen LogP contribution in [0.2, 0.25) is 0 Å². The van der Waals surface area contributed by atoms with Gasteiger partial charge in [0, 0.05) is 10.0 Å². The van der Waals surface area contributed by atoms with E-state index in [9.17, 15) is 0 Å².